The molecule has 0 N–H and O–H groups in total. The smallest absolute Gasteiger partial charge is 0.196 e. The van der Waals surface area contributed by atoms with E-state index in [4.69, 9.17) is 9.47 Å². The van der Waals surface area contributed by atoms with Crippen molar-refractivity contribution in [2.45, 2.75) is 6.29 Å². The molecule has 0 aromatic carbocycles. The number of hydrogen-bond acceptors (Lipinski definition) is 3. The van der Waals surface area contributed by atoms with E-state index in [0.717, 1.165) is 0 Å². The monoisotopic (exact) mass is 168 g/mol. The van der Waals surface area contributed by atoms with Crippen molar-refractivity contribution < 1.29 is 13.3 Å². The van der Waals surface area contributed by atoms with Crippen LogP contribution < -0.4 is 0 Å². The van der Waals surface area contributed by atoms with Crippen molar-refractivity contribution in [3.05, 3.63) is 0 Å². The van der Waals surface area contributed by atoms with Gasteiger partial charge in [-0.1, -0.05) is 0 Å². The normalized spacial score (nSPS) is 31.3. The van der Waals surface area contributed by atoms with E-state index in [1.165, 1.54) is 0 Å². The zero-order chi connectivity index (χ0) is 5.11. The Hall–Kier alpha value is 0.360. The number of hydrogen-bond donors (Lipinski definition) is 0. The van der Waals surface area contributed by atoms with Crippen LogP contribution in [0.15, 0.2) is 0 Å². The van der Waals surface area contributed by atoms with E-state index in [-0.39, 0.29) is 6.29 Å². The van der Waals surface area contributed by atoms with Crippen LogP contribution in [0.5, 0.6) is 0 Å². The quantitative estimate of drug-likeness (QED) is 0.576. The molecule has 3 nitrogen and oxygen atoms in total. The van der Waals surface area contributed by atoms with Gasteiger partial charge in [0.15, 0.2) is 6.29 Å². The van der Waals surface area contributed by atoms with Crippen LogP contribution in [0.4, 0.5) is 0 Å². The van der Waals surface area contributed by atoms with Crippen LogP contribution in [-0.4, -0.2) is 19.7 Å². The third kappa shape index (κ3) is 1.38. The van der Waals surface area contributed by atoms with Crippen molar-refractivity contribution in [2.24, 2.45) is 0 Å². The second kappa shape index (κ2) is 2.61. The minimum absolute atomic E-state index is 0.208. The molecule has 1 fully saturated rings. The van der Waals surface area contributed by atoms with Gasteiger partial charge in [-0.15, -0.1) is 0 Å². The van der Waals surface area contributed by atoms with Crippen LogP contribution in [0.25, 0.3) is 0 Å². The summed E-state index contributed by atoms with van der Waals surface area (Å²) in [5.41, 5.74) is 0. The van der Waals surface area contributed by atoms with Crippen molar-refractivity contribution in [2.75, 3.05) is 13.4 Å². The van der Waals surface area contributed by atoms with Crippen LogP contribution >= 0.6 is 16.3 Å². The standard InChI is InChI=1S/C3H5BrO3/c4-7-3-1-5-2-6-3/h3H,1-2H2. The summed E-state index contributed by atoms with van der Waals surface area (Å²) in [5.74, 6) is 0. The first kappa shape index (κ1) is 5.50. The molecule has 0 spiro atoms. The highest BCUT2D eigenvalue weighted by Gasteiger charge is 2.14. The molecule has 1 unspecified atom stereocenters. The molecular formula is C3H5BrO3. The van der Waals surface area contributed by atoms with E-state index < -0.39 is 0 Å². The molecule has 0 amide bonds. The van der Waals surface area contributed by atoms with Crippen molar-refractivity contribution in [1.82, 2.24) is 0 Å². The lowest BCUT2D eigenvalue weighted by Gasteiger charge is -1.97. The predicted molar refractivity (Wildman–Crippen MR) is 25.7 cm³/mol. The molecule has 42 valence electrons. The summed E-state index contributed by atoms with van der Waals surface area (Å²) in [7, 11) is 0. The second-order valence-electron chi connectivity index (χ2n) is 1.17. The minimum atomic E-state index is -0.208. The molecule has 0 bridgehead atoms. The van der Waals surface area contributed by atoms with Crippen LogP contribution in [0.3, 0.4) is 0 Å². The van der Waals surface area contributed by atoms with Crippen LogP contribution in [0.2, 0.25) is 0 Å². The maximum Gasteiger partial charge on any atom is 0.196 e. The zero-order valence-corrected chi connectivity index (χ0v) is 5.18. The molecular weight excluding hydrogens is 164 g/mol. The summed E-state index contributed by atoms with van der Waals surface area (Å²) >= 11 is 2.77. The van der Waals surface area contributed by atoms with Gasteiger partial charge in [0, 0.05) is 0 Å². The molecule has 1 aliphatic heterocycles. The Labute approximate surface area is 50.0 Å². The fraction of sp³-hybridized carbons (Fsp3) is 1.00. The van der Waals surface area contributed by atoms with E-state index in [1.54, 1.807) is 0 Å². The molecule has 4 heteroatoms. The van der Waals surface area contributed by atoms with Gasteiger partial charge in [0.05, 0.1) is 0 Å². The Morgan fingerprint density at radius 3 is 2.86 bits per heavy atom. The van der Waals surface area contributed by atoms with Gasteiger partial charge < -0.3 is 9.47 Å². The third-order valence-electron chi connectivity index (χ3n) is 0.691. The molecule has 7 heavy (non-hydrogen) atoms. The number of halogens is 1. The van der Waals surface area contributed by atoms with Crippen LogP contribution in [0, 0.1) is 0 Å². The predicted octanol–water partition coefficient (Wildman–Crippen LogP) is 0.643. The maximum atomic E-state index is 4.81. The summed E-state index contributed by atoms with van der Waals surface area (Å²) in [6, 6.07) is 0. The Kier molecular flexibility index (Phi) is 2.05. The van der Waals surface area contributed by atoms with Gasteiger partial charge in [-0.2, -0.15) is 0 Å². The van der Waals surface area contributed by atoms with Crippen LogP contribution in [0.1, 0.15) is 0 Å². The Morgan fingerprint density at radius 1 is 1.71 bits per heavy atom. The molecule has 0 radical (unpaired) electrons. The number of ether oxygens (including phenoxy) is 2. The molecule has 1 heterocycles. The topological polar surface area (TPSA) is 27.7 Å². The average molecular weight is 169 g/mol. The molecule has 1 rings (SSSR count). The fourth-order valence-corrected chi connectivity index (χ4v) is 0.584. The van der Waals surface area contributed by atoms with Gasteiger partial charge in [0.25, 0.3) is 0 Å². The fourth-order valence-electron chi connectivity index (χ4n) is 0.368. The molecule has 1 aliphatic rings. The average Bonchev–Trinajstić information content (AvgIpc) is 2.14. The van der Waals surface area contributed by atoms with Crippen molar-refractivity contribution in [3.8, 4) is 0 Å². The van der Waals surface area contributed by atoms with E-state index in [9.17, 15) is 0 Å². The van der Waals surface area contributed by atoms with E-state index in [2.05, 4.69) is 20.1 Å². The van der Waals surface area contributed by atoms with E-state index >= 15 is 0 Å². The molecule has 0 aromatic heterocycles. The van der Waals surface area contributed by atoms with Gasteiger partial charge in [-0.05, 0) is 0 Å². The SMILES string of the molecule is BrOC1COCO1. The molecule has 0 aliphatic carbocycles. The summed E-state index contributed by atoms with van der Waals surface area (Å²) < 4.78 is 14.2. The lowest BCUT2D eigenvalue weighted by atomic mass is 10.7. The minimum Gasteiger partial charge on any atom is -0.350 e. The van der Waals surface area contributed by atoms with Crippen molar-refractivity contribution in [3.63, 3.8) is 0 Å². The highest BCUT2D eigenvalue weighted by atomic mass is 79.9. The lowest BCUT2D eigenvalue weighted by molar-refractivity contribution is -0.0250. The Morgan fingerprint density at radius 2 is 2.57 bits per heavy atom. The van der Waals surface area contributed by atoms with E-state index in [1.807, 2.05) is 0 Å². The van der Waals surface area contributed by atoms with Crippen LogP contribution in [-0.2, 0) is 13.3 Å². The van der Waals surface area contributed by atoms with Gasteiger partial charge in [0.2, 0.25) is 0 Å². The third-order valence-corrected chi connectivity index (χ3v) is 1.11. The van der Waals surface area contributed by atoms with Crippen molar-refractivity contribution >= 4 is 16.3 Å². The zero-order valence-electron chi connectivity index (χ0n) is 3.59. The summed E-state index contributed by atoms with van der Waals surface area (Å²) in [5, 5.41) is 0. The first-order valence-electron chi connectivity index (χ1n) is 1.90. The largest absolute Gasteiger partial charge is 0.350 e. The van der Waals surface area contributed by atoms with Gasteiger partial charge in [-0.3, -0.25) is 3.83 Å². The highest BCUT2D eigenvalue weighted by molar-refractivity contribution is 9.06. The summed E-state index contributed by atoms with van der Waals surface area (Å²) in [6.07, 6.45) is -0.208. The first-order chi connectivity index (χ1) is 3.43. The summed E-state index contributed by atoms with van der Waals surface area (Å²) in [4.78, 5) is 0. The molecule has 0 saturated carbocycles. The van der Waals surface area contributed by atoms with E-state index in [0.29, 0.717) is 13.4 Å². The second-order valence-corrected chi connectivity index (χ2v) is 1.55. The van der Waals surface area contributed by atoms with Crippen molar-refractivity contribution in [1.29, 1.82) is 0 Å². The number of rotatable bonds is 1. The Bertz CT molecular complexity index is 52.1. The lowest BCUT2D eigenvalue weighted by Crippen LogP contribution is -2.07. The highest BCUT2D eigenvalue weighted by Crippen LogP contribution is 2.06. The molecule has 1 saturated heterocycles. The Balaban J connectivity index is 2.14. The first-order valence-corrected chi connectivity index (χ1v) is 2.55. The maximum absolute atomic E-state index is 4.81. The molecule has 0 aromatic rings. The van der Waals surface area contributed by atoms with Gasteiger partial charge >= 0.3 is 0 Å². The molecule has 1 atom stereocenters. The van der Waals surface area contributed by atoms with Gasteiger partial charge in [-0.25, -0.2) is 0 Å². The summed E-state index contributed by atoms with van der Waals surface area (Å²) in [6.45, 7) is 0.863. The van der Waals surface area contributed by atoms with Gasteiger partial charge in [0.1, 0.15) is 29.7 Å².